The van der Waals surface area contributed by atoms with Crippen LogP contribution in [0, 0.1) is 17.6 Å². The Morgan fingerprint density at radius 2 is 1.72 bits per heavy atom. The van der Waals surface area contributed by atoms with Crippen LogP contribution in [0.1, 0.15) is 40.9 Å². The zero-order chi connectivity index (χ0) is 20.0. The van der Waals surface area contributed by atoms with Gasteiger partial charge in [-0.2, -0.15) is 5.10 Å². The van der Waals surface area contributed by atoms with Crippen LogP contribution >= 0.6 is 0 Å². The molecule has 2 aromatic carbocycles. The molecule has 1 aromatic heterocycles. The minimum Gasteiger partial charge on any atom is -0.411 e. The topological polar surface area (TPSA) is 61.3 Å². The van der Waals surface area contributed by atoms with E-state index in [0.29, 0.717) is 17.8 Å². The molecule has 0 unspecified atom stereocenters. The van der Waals surface area contributed by atoms with Gasteiger partial charge in [0.2, 0.25) is 0 Å². The zero-order valence-electron chi connectivity index (χ0n) is 15.6. The van der Waals surface area contributed by atoms with E-state index in [1.807, 2.05) is 24.3 Å². The maximum atomic E-state index is 14.1. The maximum absolute atomic E-state index is 14.1. The molecule has 2 N–H and O–H groups in total. The Hall–Kier alpha value is -3.28. The summed E-state index contributed by atoms with van der Waals surface area (Å²) in [7, 11) is 0. The van der Waals surface area contributed by atoms with Gasteiger partial charge in [-0.05, 0) is 48.2 Å². The van der Waals surface area contributed by atoms with E-state index in [1.54, 1.807) is 12.1 Å². The first kappa shape index (κ1) is 17.8. The Kier molecular flexibility index (Phi) is 4.08. The fraction of sp³-hybridized carbons (Fsp3) is 0.217. The van der Waals surface area contributed by atoms with Gasteiger partial charge < -0.3 is 5.21 Å². The molecule has 146 valence electrons. The number of H-pyrrole nitrogens is 1. The van der Waals surface area contributed by atoms with Gasteiger partial charge in [0.15, 0.2) is 0 Å². The Bertz CT molecular complexity index is 1100. The largest absolute Gasteiger partial charge is 0.411 e. The lowest BCUT2D eigenvalue weighted by molar-refractivity contribution is 0.317. The van der Waals surface area contributed by atoms with Gasteiger partial charge in [-0.3, -0.25) is 5.10 Å². The van der Waals surface area contributed by atoms with Gasteiger partial charge in [0.05, 0.1) is 0 Å². The Morgan fingerprint density at radius 3 is 2.28 bits per heavy atom. The van der Waals surface area contributed by atoms with Crippen LogP contribution in [0.15, 0.2) is 59.8 Å². The molecule has 4 nitrogen and oxygen atoms in total. The first-order chi connectivity index (χ1) is 14.1. The second kappa shape index (κ2) is 6.65. The van der Waals surface area contributed by atoms with Gasteiger partial charge in [0.1, 0.15) is 23.0 Å². The van der Waals surface area contributed by atoms with Crippen molar-refractivity contribution in [1.29, 1.82) is 0 Å². The van der Waals surface area contributed by atoms with E-state index >= 15 is 0 Å². The van der Waals surface area contributed by atoms with Crippen LogP contribution in [0.4, 0.5) is 8.78 Å². The summed E-state index contributed by atoms with van der Waals surface area (Å²) in [4.78, 5) is 0. The molecule has 0 saturated heterocycles. The van der Waals surface area contributed by atoms with Crippen LogP contribution in [0.2, 0.25) is 0 Å². The third kappa shape index (κ3) is 2.95. The molecule has 1 fully saturated rings. The second-order valence-electron chi connectivity index (χ2n) is 7.73. The van der Waals surface area contributed by atoms with Gasteiger partial charge in [-0.1, -0.05) is 41.6 Å². The third-order valence-electron chi connectivity index (χ3n) is 5.87. The summed E-state index contributed by atoms with van der Waals surface area (Å²) in [6.45, 7) is 0. The summed E-state index contributed by atoms with van der Waals surface area (Å²) in [5, 5.41) is 20.4. The van der Waals surface area contributed by atoms with E-state index in [-0.39, 0.29) is 17.6 Å². The fourth-order valence-electron chi connectivity index (χ4n) is 4.23. The fourth-order valence-corrected chi connectivity index (χ4v) is 4.23. The van der Waals surface area contributed by atoms with Crippen LogP contribution in [-0.4, -0.2) is 21.1 Å². The summed E-state index contributed by atoms with van der Waals surface area (Å²) in [6.07, 6.45) is 6.32. The molecule has 0 aliphatic heterocycles. The van der Waals surface area contributed by atoms with Crippen molar-refractivity contribution in [1.82, 2.24) is 10.2 Å². The van der Waals surface area contributed by atoms with Gasteiger partial charge in [0.25, 0.3) is 0 Å². The molecule has 2 aliphatic rings. The molecule has 3 aromatic rings. The number of halogens is 2. The number of aromatic amines is 1. The number of oxime groups is 1. The molecule has 0 amide bonds. The number of hydrogen-bond donors (Lipinski definition) is 2. The number of fused-ring (bicyclic) bond motifs is 1. The summed E-state index contributed by atoms with van der Waals surface area (Å²) in [5.74, 6) is -0.448. The predicted molar refractivity (Wildman–Crippen MR) is 106 cm³/mol. The molecular weight excluding hydrogens is 372 g/mol. The van der Waals surface area contributed by atoms with Crippen molar-refractivity contribution in [2.45, 2.75) is 24.7 Å². The van der Waals surface area contributed by atoms with Crippen molar-refractivity contribution >= 4 is 11.8 Å². The number of aromatic nitrogens is 2. The monoisotopic (exact) mass is 391 g/mol. The predicted octanol–water partition coefficient (Wildman–Crippen LogP) is 4.83. The van der Waals surface area contributed by atoms with Crippen molar-refractivity contribution in [3.63, 3.8) is 0 Å². The van der Waals surface area contributed by atoms with E-state index in [1.165, 1.54) is 24.3 Å². The quantitative estimate of drug-likeness (QED) is 0.380. The van der Waals surface area contributed by atoms with Crippen molar-refractivity contribution in [3.05, 3.63) is 94.3 Å². The summed E-state index contributed by atoms with van der Waals surface area (Å²) in [5.41, 5.74) is 3.69. The minimum atomic E-state index is -0.739. The Balaban J connectivity index is 1.66. The molecule has 1 saturated carbocycles. The molecule has 0 bridgehead atoms. The first-order valence-electron chi connectivity index (χ1n) is 9.61. The van der Waals surface area contributed by atoms with Crippen LogP contribution < -0.4 is 0 Å². The highest BCUT2D eigenvalue weighted by Crippen LogP contribution is 2.43. The minimum absolute atomic E-state index is 0.235. The van der Waals surface area contributed by atoms with Crippen molar-refractivity contribution in [2.75, 3.05) is 0 Å². The molecule has 6 heteroatoms. The SMILES string of the molecule is O/N=C(/c1n[nH]c2c1C=CC(c1cccc(F)c1)(c1cccc(F)c1)C2)C1CC1. The number of allylic oxidation sites excluding steroid dienone is 1. The van der Waals surface area contributed by atoms with Crippen LogP contribution in [-0.2, 0) is 11.8 Å². The first-order valence-corrected chi connectivity index (χ1v) is 9.61. The smallest absolute Gasteiger partial charge is 0.123 e. The number of nitrogens with zero attached hydrogens (tertiary/aromatic N) is 2. The Labute approximate surface area is 166 Å². The van der Waals surface area contributed by atoms with Crippen molar-refractivity contribution in [3.8, 4) is 0 Å². The number of nitrogens with one attached hydrogen (secondary N) is 1. The van der Waals surface area contributed by atoms with E-state index in [2.05, 4.69) is 15.4 Å². The van der Waals surface area contributed by atoms with Gasteiger partial charge in [0, 0.05) is 29.0 Å². The summed E-state index contributed by atoms with van der Waals surface area (Å²) in [6, 6.07) is 12.8. The third-order valence-corrected chi connectivity index (χ3v) is 5.87. The van der Waals surface area contributed by atoms with Crippen molar-refractivity contribution < 1.29 is 14.0 Å². The normalized spacial score (nSPS) is 17.9. The number of rotatable bonds is 4. The van der Waals surface area contributed by atoms with Gasteiger partial charge in [-0.15, -0.1) is 0 Å². The molecule has 1 heterocycles. The zero-order valence-corrected chi connectivity index (χ0v) is 15.6. The van der Waals surface area contributed by atoms with Crippen LogP contribution in [0.25, 0.3) is 6.08 Å². The van der Waals surface area contributed by atoms with Gasteiger partial charge in [-0.25, -0.2) is 8.78 Å². The highest BCUT2D eigenvalue weighted by Gasteiger charge is 2.39. The molecule has 5 rings (SSSR count). The van der Waals surface area contributed by atoms with Crippen LogP contribution in [0.3, 0.4) is 0 Å². The summed E-state index contributed by atoms with van der Waals surface area (Å²) < 4.78 is 28.1. The lowest BCUT2D eigenvalue weighted by atomic mass is 9.68. The second-order valence-corrected chi connectivity index (χ2v) is 7.73. The average molecular weight is 391 g/mol. The average Bonchev–Trinajstić information content (AvgIpc) is 3.48. The van der Waals surface area contributed by atoms with E-state index < -0.39 is 5.41 Å². The highest BCUT2D eigenvalue weighted by atomic mass is 19.1. The highest BCUT2D eigenvalue weighted by molar-refractivity contribution is 6.04. The molecule has 0 atom stereocenters. The molecule has 29 heavy (non-hydrogen) atoms. The molecular formula is C23H19F2N3O. The number of hydrogen-bond acceptors (Lipinski definition) is 3. The lowest BCUT2D eigenvalue weighted by Gasteiger charge is -2.34. The van der Waals surface area contributed by atoms with Gasteiger partial charge >= 0.3 is 0 Å². The van der Waals surface area contributed by atoms with E-state index in [4.69, 9.17) is 0 Å². The Morgan fingerprint density at radius 1 is 1.07 bits per heavy atom. The summed E-state index contributed by atoms with van der Waals surface area (Å²) >= 11 is 0. The van der Waals surface area contributed by atoms with Crippen molar-refractivity contribution in [2.24, 2.45) is 11.1 Å². The van der Waals surface area contributed by atoms with E-state index in [0.717, 1.165) is 35.2 Å². The molecule has 2 aliphatic carbocycles. The molecule has 0 spiro atoms. The maximum Gasteiger partial charge on any atom is 0.123 e. The van der Waals surface area contributed by atoms with E-state index in [9.17, 15) is 14.0 Å². The van der Waals surface area contributed by atoms with Crippen LogP contribution in [0.5, 0.6) is 0 Å². The molecule has 0 radical (unpaired) electrons. The standard InChI is InChI=1S/C23H19F2N3O/c24-17-5-1-3-15(11-17)23(16-4-2-6-18(25)12-16)10-9-19-20(13-23)26-27-22(19)21(28-29)14-7-8-14/h1-6,9-12,14,29H,7-8,13H2,(H,26,27)/b28-21+. The number of benzene rings is 2. The lowest BCUT2D eigenvalue weighted by Crippen LogP contribution is -2.31.